The molecule has 0 bridgehead atoms. The molecule has 0 aliphatic heterocycles. The van der Waals surface area contributed by atoms with E-state index in [4.69, 9.17) is 5.11 Å². The van der Waals surface area contributed by atoms with Crippen molar-refractivity contribution in [2.75, 3.05) is 5.32 Å². The molecule has 0 fully saturated rings. The van der Waals surface area contributed by atoms with Gasteiger partial charge in [-0.3, -0.25) is 4.98 Å². The Morgan fingerprint density at radius 3 is 3.00 bits per heavy atom. The van der Waals surface area contributed by atoms with Crippen LogP contribution in [0.4, 0.5) is 5.69 Å². The van der Waals surface area contributed by atoms with Crippen molar-refractivity contribution in [1.82, 2.24) is 9.97 Å². The van der Waals surface area contributed by atoms with Crippen LogP contribution in [-0.4, -0.2) is 15.1 Å². The van der Waals surface area contributed by atoms with Crippen LogP contribution in [0.25, 0.3) is 0 Å². The quantitative estimate of drug-likeness (QED) is 0.850. The molecule has 0 spiro atoms. The van der Waals surface area contributed by atoms with Crippen molar-refractivity contribution in [2.24, 2.45) is 0 Å². The van der Waals surface area contributed by atoms with Gasteiger partial charge in [-0.25, -0.2) is 4.98 Å². The van der Waals surface area contributed by atoms with Gasteiger partial charge in [0.1, 0.15) is 0 Å². The number of aryl methyl sites for hydroxylation is 1. The maximum atomic E-state index is 9.14. The Kier molecular flexibility index (Phi) is 3.48. The molecule has 0 unspecified atom stereocenters. The fraction of sp³-hybridized carbons (Fsp3) is 0.273. The monoisotopic (exact) mass is 235 g/mol. The molecular formula is C11H13N3OS. The summed E-state index contributed by atoms with van der Waals surface area (Å²) < 4.78 is 0. The van der Waals surface area contributed by atoms with Crippen LogP contribution in [0, 0.1) is 6.92 Å². The first-order valence-electron chi connectivity index (χ1n) is 4.98. The minimum atomic E-state index is 0.0204. The summed E-state index contributed by atoms with van der Waals surface area (Å²) in [5.74, 6) is 0. The van der Waals surface area contributed by atoms with Gasteiger partial charge >= 0.3 is 0 Å². The van der Waals surface area contributed by atoms with Crippen molar-refractivity contribution in [3.8, 4) is 0 Å². The third kappa shape index (κ3) is 2.56. The van der Waals surface area contributed by atoms with Gasteiger partial charge in [-0.15, -0.1) is 11.3 Å². The van der Waals surface area contributed by atoms with E-state index in [-0.39, 0.29) is 6.61 Å². The molecule has 5 heteroatoms. The molecule has 0 saturated heterocycles. The Morgan fingerprint density at radius 2 is 2.31 bits per heavy atom. The summed E-state index contributed by atoms with van der Waals surface area (Å²) in [6.07, 6.45) is 5.26. The molecule has 2 rings (SSSR count). The summed E-state index contributed by atoms with van der Waals surface area (Å²) in [5.41, 5.74) is 1.73. The second kappa shape index (κ2) is 5.05. The summed E-state index contributed by atoms with van der Waals surface area (Å²) >= 11 is 1.66. The van der Waals surface area contributed by atoms with Crippen LogP contribution >= 0.6 is 11.3 Å². The van der Waals surface area contributed by atoms with Crippen LogP contribution in [0.3, 0.4) is 0 Å². The van der Waals surface area contributed by atoms with E-state index >= 15 is 0 Å². The number of anilines is 1. The van der Waals surface area contributed by atoms with E-state index in [1.54, 1.807) is 29.8 Å². The molecule has 2 aromatic heterocycles. The van der Waals surface area contributed by atoms with Crippen LogP contribution in [0.15, 0.2) is 24.7 Å². The Morgan fingerprint density at radius 1 is 1.44 bits per heavy atom. The van der Waals surface area contributed by atoms with Crippen LogP contribution < -0.4 is 5.32 Å². The number of aliphatic hydroxyl groups is 1. The second-order valence-corrected chi connectivity index (χ2v) is 4.71. The van der Waals surface area contributed by atoms with Gasteiger partial charge in [0.2, 0.25) is 0 Å². The molecular weight excluding hydrogens is 222 g/mol. The van der Waals surface area contributed by atoms with Gasteiger partial charge in [0.25, 0.3) is 0 Å². The molecule has 2 heterocycles. The lowest BCUT2D eigenvalue weighted by atomic mass is 10.2. The summed E-state index contributed by atoms with van der Waals surface area (Å²) in [6.45, 7) is 2.72. The van der Waals surface area contributed by atoms with Crippen LogP contribution in [-0.2, 0) is 13.2 Å². The smallest absolute Gasteiger partial charge is 0.0897 e. The molecule has 0 aliphatic rings. The van der Waals surface area contributed by atoms with E-state index in [1.165, 1.54) is 4.88 Å². The van der Waals surface area contributed by atoms with E-state index in [1.807, 2.05) is 13.1 Å². The number of nitrogens with one attached hydrogen (secondary N) is 1. The Balaban J connectivity index is 2.04. The SMILES string of the molecule is Cc1ncc(CNc2cnccc2CO)s1. The molecule has 0 radical (unpaired) electrons. The van der Waals surface area contributed by atoms with Gasteiger partial charge in [-0.2, -0.15) is 0 Å². The van der Waals surface area contributed by atoms with Gasteiger partial charge in [0.15, 0.2) is 0 Å². The van der Waals surface area contributed by atoms with Gasteiger partial charge < -0.3 is 10.4 Å². The zero-order chi connectivity index (χ0) is 11.4. The van der Waals surface area contributed by atoms with Crippen molar-refractivity contribution < 1.29 is 5.11 Å². The highest BCUT2D eigenvalue weighted by molar-refractivity contribution is 7.11. The predicted octanol–water partition coefficient (Wildman–Crippen LogP) is 1.95. The number of hydrogen-bond donors (Lipinski definition) is 2. The van der Waals surface area contributed by atoms with Crippen molar-refractivity contribution in [3.63, 3.8) is 0 Å². The van der Waals surface area contributed by atoms with Gasteiger partial charge in [0, 0.05) is 22.8 Å². The maximum absolute atomic E-state index is 9.14. The average molecular weight is 235 g/mol. The lowest BCUT2D eigenvalue weighted by Crippen LogP contribution is -2.01. The minimum Gasteiger partial charge on any atom is -0.392 e. The lowest BCUT2D eigenvalue weighted by Gasteiger charge is -2.08. The number of hydrogen-bond acceptors (Lipinski definition) is 5. The third-order valence-corrected chi connectivity index (χ3v) is 3.12. The number of thiazole rings is 1. The normalized spacial score (nSPS) is 10.4. The zero-order valence-electron chi connectivity index (χ0n) is 8.97. The second-order valence-electron chi connectivity index (χ2n) is 3.39. The molecule has 2 N–H and O–H groups in total. The van der Waals surface area contributed by atoms with Gasteiger partial charge in [-0.05, 0) is 13.0 Å². The third-order valence-electron chi connectivity index (χ3n) is 2.20. The number of aromatic nitrogens is 2. The lowest BCUT2D eigenvalue weighted by molar-refractivity contribution is 0.282. The number of nitrogens with zero attached hydrogens (tertiary/aromatic N) is 2. The van der Waals surface area contributed by atoms with Gasteiger partial charge in [0.05, 0.1) is 30.0 Å². The standard InChI is InChI=1S/C11H13N3OS/c1-8-13-4-10(16-8)5-14-11-6-12-3-2-9(11)7-15/h2-4,6,14-15H,5,7H2,1H3. The van der Waals surface area contributed by atoms with Crippen LogP contribution in [0.5, 0.6) is 0 Å². The van der Waals surface area contributed by atoms with Crippen molar-refractivity contribution in [3.05, 3.63) is 40.1 Å². The number of rotatable bonds is 4. The first kappa shape index (κ1) is 11.0. The highest BCUT2D eigenvalue weighted by Gasteiger charge is 2.02. The van der Waals surface area contributed by atoms with Crippen LogP contribution in [0.2, 0.25) is 0 Å². The summed E-state index contributed by atoms with van der Waals surface area (Å²) in [6, 6.07) is 1.81. The fourth-order valence-corrected chi connectivity index (χ4v) is 2.12. The highest BCUT2D eigenvalue weighted by atomic mass is 32.1. The maximum Gasteiger partial charge on any atom is 0.0897 e. The highest BCUT2D eigenvalue weighted by Crippen LogP contribution is 2.17. The largest absolute Gasteiger partial charge is 0.392 e. The Bertz CT molecular complexity index is 470. The zero-order valence-corrected chi connectivity index (χ0v) is 9.79. The van der Waals surface area contributed by atoms with E-state index in [0.29, 0.717) is 6.54 Å². The fourth-order valence-electron chi connectivity index (χ4n) is 1.39. The van der Waals surface area contributed by atoms with Crippen molar-refractivity contribution in [2.45, 2.75) is 20.1 Å². The van der Waals surface area contributed by atoms with Gasteiger partial charge in [-0.1, -0.05) is 0 Å². The predicted molar refractivity (Wildman–Crippen MR) is 64.3 cm³/mol. The minimum absolute atomic E-state index is 0.0204. The van der Waals surface area contributed by atoms with E-state index in [9.17, 15) is 0 Å². The first-order valence-corrected chi connectivity index (χ1v) is 5.80. The summed E-state index contributed by atoms with van der Waals surface area (Å²) in [7, 11) is 0. The summed E-state index contributed by atoms with van der Waals surface area (Å²) in [5, 5.41) is 13.4. The van der Waals surface area contributed by atoms with E-state index < -0.39 is 0 Å². The number of aliphatic hydroxyl groups excluding tert-OH is 1. The molecule has 16 heavy (non-hydrogen) atoms. The number of pyridine rings is 1. The molecule has 4 nitrogen and oxygen atoms in total. The molecule has 0 aliphatic carbocycles. The molecule has 0 saturated carbocycles. The molecule has 84 valence electrons. The van der Waals surface area contributed by atoms with E-state index in [0.717, 1.165) is 16.3 Å². The van der Waals surface area contributed by atoms with Crippen molar-refractivity contribution in [1.29, 1.82) is 0 Å². The molecule has 0 amide bonds. The van der Waals surface area contributed by atoms with Crippen molar-refractivity contribution >= 4 is 17.0 Å². The Labute approximate surface area is 98.0 Å². The van der Waals surface area contributed by atoms with Crippen LogP contribution in [0.1, 0.15) is 15.4 Å². The average Bonchev–Trinajstić information content (AvgIpc) is 2.73. The Hall–Kier alpha value is -1.46. The molecule has 2 aromatic rings. The summed E-state index contributed by atoms with van der Waals surface area (Å²) in [4.78, 5) is 9.38. The topological polar surface area (TPSA) is 58.0 Å². The first-order chi connectivity index (χ1) is 7.79. The van der Waals surface area contributed by atoms with E-state index in [2.05, 4.69) is 15.3 Å². The molecule has 0 atom stereocenters. The molecule has 0 aromatic carbocycles.